The highest BCUT2D eigenvalue weighted by atomic mass is 16.2. The Morgan fingerprint density at radius 1 is 1.00 bits per heavy atom. The molecule has 0 radical (unpaired) electrons. The molecule has 2 heterocycles. The van der Waals surface area contributed by atoms with Crippen molar-refractivity contribution in [2.75, 3.05) is 0 Å². The fourth-order valence-corrected chi connectivity index (χ4v) is 3.35. The number of pyridine rings is 2. The van der Waals surface area contributed by atoms with E-state index in [1.54, 1.807) is 18.5 Å². The summed E-state index contributed by atoms with van der Waals surface area (Å²) < 4.78 is 0. The molecule has 28 heavy (non-hydrogen) atoms. The summed E-state index contributed by atoms with van der Waals surface area (Å²) in [7, 11) is 0. The minimum atomic E-state index is -0.367. The van der Waals surface area contributed by atoms with Crippen molar-refractivity contribution >= 4 is 22.7 Å². The first-order chi connectivity index (χ1) is 13.7. The molecule has 2 N–H and O–H groups in total. The van der Waals surface area contributed by atoms with Crippen LogP contribution in [0.4, 0.5) is 0 Å². The number of nitrogens with one attached hydrogen (secondary N) is 2. The molecule has 1 aliphatic rings. The number of benzene rings is 1. The highest BCUT2D eigenvalue weighted by molar-refractivity contribution is 6.07. The van der Waals surface area contributed by atoms with Gasteiger partial charge in [-0.1, -0.05) is 30.4 Å². The molecule has 2 amide bonds. The number of hydrazine groups is 1. The van der Waals surface area contributed by atoms with Crippen LogP contribution in [-0.4, -0.2) is 21.8 Å². The number of allylic oxidation sites excluding steroid dienone is 2. The van der Waals surface area contributed by atoms with Crippen LogP contribution in [-0.2, 0) is 4.79 Å². The Hall–Kier alpha value is -3.54. The van der Waals surface area contributed by atoms with Crippen molar-refractivity contribution in [2.24, 2.45) is 5.92 Å². The number of para-hydroxylation sites is 1. The lowest BCUT2D eigenvalue weighted by Crippen LogP contribution is -2.44. The van der Waals surface area contributed by atoms with Crippen LogP contribution >= 0.6 is 0 Å². The van der Waals surface area contributed by atoms with Crippen molar-refractivity contribution < 1.29 is 9.59 Å². The van der Waals surface area contributed by atoms with E-state index in [1.807, 2.05) is 42.5 Å². The molecule has 6 heteroatoms. The monoisotopic (exact) mass is 372 g/mol. The summed E-state index contributed by atoms with van der Waals surface area (Å²) in [5, 5.41) is 0.729. The van der Waals surface area contributed by atoms with E-state index in [9.17, 15) is 9.59 Å². The van der Waals surface area contributed by atoms with Gasteiger partial charge in [-0.05, 0) is 43.5 Å². The van der Waals surface area contributed by atoms with E-state index in [2.05, 4.69) is 26.9 Å². The van der Waals surface area contributed by atoms with Crippen molar-refractivity contribution in [3.05, 3.63) is 72.6 Å². The van der Waals surface area contributed by atoms with Crippen LogP contribution < -0.4 is 10.9 Å². The van der Waals surface area contributed by atoms with Gasteiger partial charge in [0, 0.05) is 29.3 Å². The quantitative estimate of drug-likeness (QED) is 0.545. The minimum Gasteiger partial charge on any atom is -0.273 e. The van der Waals surface area contributed by atoms with E-state index in [1.165, 1.54) is 0 Å². The molecule has 0 saturated heterocycles. The Bertz CT molecular complexity index is 1050. The Balaban J connectivity index is 1.60. The average molecular weight is 372 g/mol. The second-order valence-corrected chi connectivity index (χ2v) is 6.73. The predicted octanol–water partition coefficient (Wildman–Crippen LogP) is 3.41. The Morgan fingerprint density at radius 3 is 2.61 bits per heavy atom. The lowest BCUT2D eigenvalue weighted by atomic mass is 9.94. The summed E-state index contributed by atoms with van der Waals surface area (Å²) in [4.78, 5) is 33.8. The van der Waals surface area contributed by atoms with E-state index in [0.29, 0.717) is 23.2 Å². The first kappa shape index (κ1) is 17.9. The molecule has 0 saturated carbocycles. The molecule has 140 valence electrons. The van der Waals surface area contributed by atoms with Crippen LogP contribution in [0, 0.1) is 5.92 Å². The predicted molar refractivity (Wildman–Crippen MR) is 107 cm³/mol. The second-order valence-electron chi connectivity index (χ2n) is 6.73. The number of hydrogen-bond acceptors (Lipinski definition) is 4. The SMILES string of the molecule is O=C(NNC(=O)[C@H]1CC=CCC1)c1cc(-c2ccncc2)nc2ccccc12. The molecule has 0 unspecified atom stereocenters. The molecule has 0 fully saturated rings. The Kier molecular flexibility index (Phi) is 5.10. The maximum atomic E-state index is 12.8. The van der Waals surface area contributed by atoms with Gasteiger partial charge in [0.1, 0.15) is 0 Å². The molecule has 0 spiro atoms. The zero-order chi connectivity index (χ0) is 19.3. The Labute approximate surface area is 162 Å². The lowest BCUT2D eigenvalue weighted by Gasteiger charge is -2.18. The summed E-state index contributed by atoms with van der Waals surface area (Å²) in [5.41, 5.74) is 7.85. The number of nitrogens with zero attached hydrogens (tertiary/aromatic N) is 2. The molecule has 3 aromatic rings. The largest absolute Gasteiger partial charge is 0.273 e. The van der Waals surface area contributed by atoms with E-state index >= 15 is 0 Å². The summed E-state index contributed by atoms with van der Waals surface area (Å²) in [6.45, 7) is 0. The topological polar surface area (TPSA) is 84.0 Å². The van der Waals surface area contributed by atoms with Crippen molar-refractivity contribution in [1.82, 2.24) is 20.8 Å². The third-order valence-electron chi connectivity index (χ3n) is 4.88. The third kappa shape index (κ3) is 3.76. The van der Waals surface area contributed by atoms with E-state index in [-0.39, 0.29) is 17.7 Å². The van der Waals surface area contributed by atoms with Crippen LogP contribution in [0.15, 0.2) is 67.0 Å². The van der Waals surface area contributed by atoms with Gasteiger partial charge < -0.3 is 0 Å². The average Bonchev–Trinajstić information content (AvgIpc) is 2.77. The summed E-state index contributed by atoms with van der Waals surface area (Å²) in [6.07, 6.45) is 9.83. The second kappa shape index (κ2) is 8.00. The molecule has 0 bridgehead atoms. The van der Waals surface area contributed by atoms with Gasteiger partial charge in [0.05, 0.1) is 16.8 Å². The van der Waals surface area contributed by atoms with Crippen LogP contribution in [0.25, 0.3) is 22.2 Å². The number of rotatable bonds is 3. The zero-order valence-electron chi connectivity index (χ0n) is 15.3. The number of fused-ring (bicyclic) bond motifs is 1. The van der Waals surface area contributed by atoms with Gasteiger partial charge in [0.25, 0.3) is 5.91 Å². The molecule has 2 aromatic heterocycles. The molecule has 1 atom stereocenters. The summed E-state index contributed by atoms with van der Waals surface area (Å²) in [6, 6.07) is 12.9. The first-order valence-corrected chi connectivity index (χ1v) is 9.28. The van der Waals surface area contributed by atoms with Crippen LogP contribution in [0.3, 0.4) is 0 Å². The van der Waals surface area contributed by atoms with Crippen molar-refractivity contribution in [3.63, 3.8) is 0 Å². The number of carbonyl (C=O) groups excluding carboxylic acids is 2. The maximum Gasteiger partial charge on any atom is 0.270 e. The smallest absolute Gasteiger partial charge is 0.270 e. The third-order valence-corrected chi connectivity index (χ3v) is 4.88. The number of amides is 2. The van der Waals surface area contributed by atoms with E-state index in [4.69, 9.17) is 0 Å². The zero-order valence-corrected chi connectivity index (χ0v) is 15.3. The molecule has 6 nitrogen and oxygen atoms in total. The molecular formula is C22H20N4O2. The van der Waals surface area contributed by atoms with Crippen molar-refractivity contribution in [2.45, 2.75) is 19.3 Å². The highest BCUT2D eigenvalue weighted by Crippen LogP contribution is 2.24. The fraction of sp³-hybridized carbons (Fsp3) is 0.182. The van der Waals surface area contributed by atoms with Gasteiger partial charge in [-0.15, -0.1) is 0 Å². The van der Waals surface area contributed by atoms with Crippen LogP contribution in [0.2, 0.25) is 0 Å². The van der Waals surface area contributed by atoms with Gasteiger partial charge in [-0.2, -0.15) is 0 Å². The van der Waals surface area contributed by atoms with Crippen LogP contribution in [0.1, 0.15) is 29.6 Å². The van der Waals surface area contributed by atoms with E-state index in [0.717, 1.165) is 23.8 Å². The number of aromatic nitrogens is 2. The molecule has 1 aromatic carbocycles. The lowest BCUT2D eigenvalue weighted by molar-refractivity contribution is -0.126. The maximum absolute atomic E-state index is 12.8. The van der Waals surface area contributed by atoms with Crippen LogP contribution in [0.5, 0.6) is 0 Å². The van der Waals surface area contributed by atoms with E-state index < -0.39 is 0 Å². The number of carbonyl (C=O) groups is 2. The molecule has 0 aliphatic heterocycles. The summed E-state index contributed by atoms with van der Waals surface area (Å²) in [5.74, 6) is -0.633. The van der Waals surface area contributed by atoms with Gasteiger partial charge in [-0.3, -0.25) is 25.4 Å². The first-order valence-electron chi connectivity index (χ1n) is 9.28. The fourth-order valence-electron chi connectivity index (χ4n) is 3.35. The molecule has 4 rings (SSSR count). The minimum absolute atomic E-state index is 0.105. The Morgan fingerprint density at radius 2 is 1.82 bits per heavy atom. The number of hydrogen-bond donors (Lipinski definition) is 2. The van der Waals surface area contributed by atoms with Gasteiger partial charge >= 0.3 is 0 Å². The van der Waals surface area contributed by atoms with Crippen molar-refractivity contribution in [3.8, 4) is 11.3 Å². The normalized spacial score (nSPS) is 15.9. The summed E-state index contributed by atoms with van der Waals surface area (Å²) >= 11 is 0. The van der Waals surface area contributed by atoms with Gasteiger partial charge in [0.2, 0.25) is 5.91 Å². The standard InChI is InChI=1S/C22H20N4O2/c27-21(16-6-2-1-3-7-16)25-26-22(28)18-14-20(15-10-12-23-13-11-15)24-19-9-5-4-8-17(18)19/h1-2,4-5,8-14,16H,3,6-7H2,(H,25,27)(H,26,28)/t16-/m0/s1. The highest BCUT2D eigenvalue weighted by Gasteiger charge is 2.20. The van der Waals surface area contributed by atoms with Gasteiger partial charge in [-0.25, -0.2) is 4.98 Å². The van der Waals surface area contributed by atoms with Crippen molar-refractivity contribution in [1.29, 1.82) is 0 Å². The molecular weight excluding hydrogens is 352 g/mol. The molecule has 1 aliphatic carbocycles. The van der Waals surface area contributed by atoms with Gasteiger partial charge in [0.15, 0.2) is 0 Å².